The molecule has 1 atom stereocenters. The van der Waals surface area contributed by atoms with E-state index in [1.165, 1.54) is 22.8 Å². The minimum atomic E-state index is -4.22. The van der Waals surface area contributed by atoms with Crippen LogP contribution in [0.3, 0.4) is 0 Å². The molecule has 1 aliphatic heterocycles. The van der Waals surface area contributed by atoms with Crippen molar-refractivity contribution in [2.45, 2.75) is 23.8 Å². The third-order valence-corrected chi connectivity index (χ3v) is 7.24. The van der Waals surface area contributed by atoms with E-state index in [1.54, 1.807) is 36.4 Å². The van der Waals surface area contributed by atoms with Gasteiger partial charge in [0.25, 0.3) is 0 Å². The number of anilines is 1. The first-order valence-corrected chi connectivity index (χ1v) is 11.0. The van der Waals surface area contributed by atoms with Gasteiger partial charge >= 0.3 is 0 Å². The minimum Gasteiger partial charge on any atom is -0.395 e. The number of aromatic nitrogens is 2. The van der Waals surface area contributed by atoms with Crippen molar-refractivity contribution in [1.29, 1.82) is 0 Å². The van der Waals surface area contributed by atoms with Crippen LogP contribution >= 0.6 is 0 Å². The van der Waals surface area contributed by atoms with Crippen molar-refractivity contribution in [2.24, 2.45) is 0 Å². The number of nitrogens with two attached hydrogens (primary N) is 1. The van der Waals surface area contributed by atoms with Crippen molar-refractivity contribution in [3.05, 3.63) is 60.7 Å². The fourth-order valence-electron chi connectivity index (χ4n) is 3.75. The molecule has 0 radical (unpaired) electrons. The molecule has 0 saturated carbocycles. The molecule has 0 amide bonds. The predicted octanol–water partition coefficient (Wildman–Crippen LogP) is 2.68. The molecule has 3 aromatic rings. The Kier molecular flexibility index (Phi) is 5.50. The second-order valence-electron chi connectivity index (χ2n) is 7.09. The highest BCUT2D eigenvalue weighted by Gasteiger charge is 2.38. The lowest BCUT2D eigenvalue weighted by molar-refractivity contribution is 0.213. The number of halogens is 1. The summed E-state index contributed by atoms with van der Waals surface area (Å²) in [6.07, 6.45) is 3.73. The first kappa shape index (κ1) is 20.4. The quantitative estimate of drug-likeness (QED) is 0.647. The molecule has 30 heavy (non-hydrogen) atoms. The van der Waals surface area contributed by atoms with E-state index in [9.17, 15) is 13.5 Å². The van der Waals surface area contributed by atoms with Crippen molar-refractivity contribution in [3.63, 3.8) is 0 Å². The number of nitrogen functional groups attached to an aromatic ring is 1. The van der Waals surface area contributed by atoms with Crippen molar-refractivity contribution < 1.29 is 17.9 Å². The highest BCUT2D eigenvalue weighted by molar-refractivity contribution is 7.89. The Hall–Kier alpha value is -2.88. The molecule has 0 aliphatic carbocycles. The number of aliphatic hydroxyl groups excluding tert-OH is 1. The molecule has 1 saturated heterocycles. The number of hydrogen-bond donors (Lipinski definition) is 2. The maximum absolute atomic E-state index is 15.8. The molecule has 3 N–H and O–H groups in total. The molecule has 1 aliphatic rings. The van der Waals surface area contributed by atoms with Gasteiger partial charge in [-0.1, -0.05) is 36.4 Å². The molecule has 9 heteroatoms. The lowest BCUT2D eigenvalue weighted by atomic mass is 10.0. The van der Waals surface area contributed by atoms with Gasteiger partial charge < -0.3 is 10.8 Å². The summed E-state index contributed by atoms with van der Waals surface area (Å²) in [4.78, 5) is 7.59. The average molecular weight is 428 g/mol. The van der Waals surface area contributed by atoms with Gasteiger partial charge in [0.1, 0.15) is 10.7 Å². The van der Waals surface area contributed by atoms with E-state index < -0.39 is 26.8 Å². The lowest BCUT2D eigenvalue weighted by Gasteiger charge is -2.25. The Labute approximate surface area is 174 Å². The molecule has 1 unspecified atom stereocenters. The van der Waals surface area contributed by atoms with Crippen LogP contribution in [-0.2, 0) is 10.0 Å². The molecule has 156 valence electrons. The fraction of sp³-hybridized carbons (Fsp3) is 0.238. The lowest BCUT2D eigenvalue weighted by Crippen LogP contribution is -2.38. The van der Waals surface area contributed by atoms with Gasteiger partial charge in [-0.15, -0.1) is 0 Å². The number of sulfonamides is 1. The van der Waals surface area contributed by atoms with Crippen LogP contribution in [0.15, 0.2) is 59.8 Å². The Morgan fingerprint density at radius 3 is 2.50 bits per heavy atom. The van der Waals surface area contributed by atoms with Crippen LogP contribution in [0.5, 0.6) is 0 Å². The Morgan fingerprint density at radius 2 is 1.83 bits per heavy atom. The number of nitrogens with zero attached hydrogens (tertiary/aromatic N) is 3. The van der Waals surface area contributed by atoms with Gasteiger partial charge in [0.2, 0.25) is 10.0 Å². The summed E-state index contributed by atoms with van der Waals surface area (Å²) >= 11 is 0. The largest absolute Gasteiger partial charge is 0.395 e. The number of aliphatic hydroxyl groups is 1. The van der Waals surface area contributed by atoms with Gasteiger partial charge in [-0.05, 0) is 24.5 Å². The second kappa shape index (κ2) is 8.10. The summed E-state index contributed by atoms with van der Waals surface area (Å²) in [7, 11) is -4.22. The van der Waals surface area contributed by atoms with Crippen LogP contribution in [0, 0.1) is 5.82 Å². The maximum atomic E-state index is 15.8. The summed E-state index contributed by atoms with van der Waals surface area (Å²) in [5, 5.41) is 9.63. The zero-order valence-corrected chi connectivity index (χ0v) is 16.9. The summed E-state index contributed by atoms with van der Waals surface area (Å²) < 4.78 is 44.2. The van der Waals surface area contributed by atoms with E-state index in [0.717, 1.165) is 0 Å². The van der Waals surface area contributed by atoms with Gasteiger partial charge in [-0.2, -0.15) is 4.31 Å². The summed E-state index contributed by atoms with van der Waals surface area (Å²) in [6, 6.07) is 11.3. The van der Waals surface area contributed by atoms with E-state index in [1.807, 2.05) is 0 Å². The average Bonchev–Trinajstić information content (AvgIpc) is 3.25. The molecule has 2 heterocycles. The van der Waals surface area contributed by atoms with Crippen molar-refractivity contribution in [3.8, 4) is 22.4 Å². The van der Waals surface area contributed by atoms with Gasteiger partial charge in [-0.3, -0.25) is 4.98 Å². The zero-order chi connectivity index (χ0) is 21.3. The first-order valence-electron chi connectivity index (χ1n) is 9.52. The SMILES string of the molecule is Nc1cnc(-c2ccc(-c3ccccc3)c(S(=O)(=O)N3CCCC3CO)c2F)cn1. The monoisotopic (exact) mass is 428 g/mol. The highest BCUT2D eigenvalue weighted by atomic mass is 32.2. The molecule has 4 rings (SSSR count). The molecular formula is C21H21FN4O3S. The van der Waals surface area contributed by atoms with Crippen LogP contribution < -0.4 is 5.73 Å². The van der Waals surface area contributed by atoms with Crippen LogP contribution in [0.4, 0.5) is 10.2 Å². The van der Waals surface area contributed by atoms with Crippen LogP contribution in [0.25, 0.3) is 22.4 Å². The standard InChI is InChI=1S/C21H21FN4O3S/c22-20-17(18-11-25-19(23)12-24-18)9-8-16(14-5-2-1-3-6-14)21(20)30(28,29)26-10-4-7-15(26)13-27/h1-3,5-6,8-9,11-12,15,27H,4,7,10,13H2,(H2,23,25). The molecule has 0 spiro atoms. The van der Waals surface area contributed by atoms with Gasteiger partial charge in [0.05, 0.1) is 24.7 Å². The second-order valence-corrected chi connectivity index (χ2v) is 8.92. The van der Waals surface area contributed by atoms with Gasteiger partial charge in [-0.25, -0.2) is 17.8 Å². The maximum Gasteiger partial charge on any atom is 0.246 e. The summed E-state index contributed by atoms with van der Waals surface area (Å²) in [6.45, 7) is -0.0855. The van der Waals surface area contributed by atoms with Crippen molar-refractivity contribution >= 4 is 15.8 Å². The topological polar surface area (TPSA) is 109 Å². The number of benzene rings is 2. The van der Waals surface area contributed by atoms with Crippen LogP contribution in [-0.4, -0.2) is 47.0 Å². The predicted molar refractivity (Wildman–Crippen MR) is 111 cm³/mol. The Bertz CT molecular complexity index is 1150. The third kappa shape index (κ3) is 3.55. The van der Waals surface area contributed by atoms with E-state index in [0.29, 0.717) is 18.4 Å². The Balaban J connectivity index is 1.95. The Morgan fingerprint density at radius 1 is 1.10 bits per heavy atom. The molecule has 0 bridgehead atoms. The van der Waals surface area contributed by atoms with E-state index in [2.05, 4.69) is 9.97 Å². The normalized spacial score (nSPS) is 17.3. The molecule has 1 aromatic heterocycles. The van der Waals surface area contributed by atoms with Crippen molar-refractivity contribution in [1.82, 2.24) is 14.3 Å². The highest BCUT2D eigenvalue weighted by Crippen LogP contribution is 2.38. The van der Waals surface area contributed by atoms with Crippen molar-refractivity contribution in [2.75, 3.05) is 18.9 Å². The fourth-order valence-corrected chi connectivity index (χ4v) is 5.72. The van der Waals surface area contributed by atoms with Gasteiger partial charge in [0, 0.05) is 23.7 Å². The van der Waals surface area contributed by atoms with Crippen LogP contribution in [0.1, 0.15) is 12.8 Å². The number of hydrogen-bond acceptors (Lipinski definition) is 6. The number of rotatable bonds is 5. The molecular weight excluding hydrogens is 407 g/mol. The molecule has 2 aromatic carbocycles. The minimum absolute atomic E-state index is 0.0144. The van der Waals surface area contributed by atoms with Gasteiger partial charge in [0.15, 0.2) is 5.82 Å². The smallest absolute Gasteiger partial charge is 0.246 e. The first-order chi connectivity index (χ1) is 14.4. The van der Waals surface area contributed by atoms with E-state index in [-0.39, 0.29) is 35.8 Å². The zero-order valence-electron chi connectivity index (χ0n) is 16.1. The van der Waals surface area contributed by atoms with E-state index >= 15 is 4.39 Å². The summed E-state index contributed by atoms with van der Waals surface area (Å²) in [5.41, 5.74) is 6.58. The molecule has 7 nitrogen and oxygen atoms in total. The summed E-state index contributed by atoms with van der Waals surface area (Å²) in [5.74, 6) is -0.727. The van der Waals surface area contributed by atoms with Crippen LogP contribution in [0.2, 0.25) is 0 Å². The third-order valence-electron chi connectivity index (χ3n) is 5.23. The van der Waals surface area contributed by atoms with E-state index in [4.69, 9.17) is 5.73 Å². The molecule has 1 fully saturated rings.